The van der Waals surface area contributed by atoms with E-state index in [-0.39, 0.29) is 5.82 Å². The molecule has 17 heavy (non-hydrogen) atoms. The molecule has 8 nitrogen and oxygen atoms in total. The van der Waals surface area contributed by atoms with E-state index in [1.807, 2.05) is 0 Å². The van der Waals surface area contributed by atoms with Crippen LogP contribution in [0, 0.1) is 0 Å². The molecular formula is C7H13N2O6P2+. The molecule has 1 aromatic rings. The highest BCUT2D eigenvalue weighted by Gasteiger charge is 2.45. The van der Waals surface area contributed by atoms with Gasteiger partial charge in [-0.2, -0.15) is 0 Å². The van der Waals surface area contributed by atoms with Gasteiger partial charge in [0.1, 0.15) is 6.20 Å². The molecule has 0 saturated carbocycles. The van der Waals surface area contributed by atoms with Crippen molar-refractivity contribution >= 4 is 15.2 Å². The van der Waals surface area contributed by atoms with E-state index in [1.54, 1.807) is 19.3 Å². The van der Waals surface area contributed by atoms with E-state index in [0.717, 1.165) is 0 Å². The minimum absolute atomic E-state index is 0.184. The first-order chi connectivity index (χ1) is 7.62. The second-order valence-electron chi connectivity index (χ2n) is 3.51. The van der Waals surface area contributed by atoms with Crippen molar-refractivity contribution in [3.8, 4) is 0 Å². The number of rotatable bonds is 4. The molecule has 0 radical (unpaired) electrons. The summed E-state index contributed by atoms with van der Waals surface area (Å²) in [5.74, 6) is 0.184. The highest BCUT2D eigenvalue weighted by atomic mass is 31.2. The Balaban J connectivity index is 3.09. The van der Waals surface area contributed by atoms with E-state index >= 15 is 0 Å². The molecule has 0 fully saturated rings. The van der Waals surface area contributed by atoms with Gasteiger partial charge in [-0.15, -0.1) is 0 Å². The van der Waals surface area contributed by atoms with Crippen molar-refractivity contribution in [1.29, 1.82) is 0 Å². The zero-order valence-electron chi connectivity index (χ0n) is 8.91. The first kappa shape index (κ1) is 14.4. The Labute approximate surface area is 97.3 Å². The Morgan fingerprint density at radius 3 is 2.24 bits per heavy atom. The maximum Gasteiger partial charge on any atom is 0.341 e. The summed E-state index contributed by atoms with van der Waals surface area (Å²) in [6, 6.07) is 1.59. The van der Waals surface area contributed by atoms with E-state index in [1.165, 1.54) is 10.8 Å². The average molecular weight is 283 g/mol. The second-order valence-corrected chi connectivity index (χ2v) is 7.52. The van der Waals surface area contributed by atoms with E-state index in [9.17, 15) is 9.13 Å². The first-order valence-electron chi connectivity index (χ1n) is 4.52. The third kappa shape index (κ3) is 3.96. The zero-order valence-corrected chi connectivity index (χ0v) is 10.7. The van der Waals surface area contributed by atoms with Gasteiger partial charge < -0.3 is 19.6 Å². The smallest absolute Gasteiger partial charge is 0.324 e. The van der Waals surface area contributed by atoms with Crippen molar-refractivity contribution in [1.82, 2.24) is 4.98 Å². The molecule has 1 aromatic heterocycles. The van der Waals surface area contributed by atoms with E-state index in [4.69, 9.17) is 19.6 Å². The minimum atomic E-state index is -4.90. The standard InChI is InChI=1S/C7H12N2O6P2/c1-9-4-2-3-8-6(9)5-7(16(10,11)12)17(13,14)15/h2-4,7H,5H2,1H3,(H3-,10,11,12,13,14,15)/p+1. The van der Waals surface area contributed by atoms with Crippen LogP contribution >= 0.6 is 15.2 Å². The summed E-state index contributed by atoms with van der Waals surface area (Å²) in [6.07, 6.45) is 2.45. The minimum Gasteiger partial charge on any atom is -0.324 e. The molecule has 0 atom stereocenters. The summed E-state index contributed by atoms with van der Waals surface area (Å²) in [4.78, 5) is 39.6. The highest BCUT2D eigenvalue weighted by Crippen LogP contribution is 2.60. The molecule has 0 bridgehead atoms. The van der Waals surface area contributed by atoms with Crippen LogP contribution in [0.1, 0.15) is 5.82 Å². The van der Waals surface area contributed by atoms with Gasteiger partial charge in [0.25, 0.3) is 5.82 Å². The normalized spacial score (nSPS) is 13.1. The van der Waals surface area contributed by atoms with Gasteiger partial charge in [-0.05, 0) is 0 Å². The Hall–Kier alpha value is -0.620. The van der Waals surface area contributed by atoms with Crippen molar-refractivity contribution in [2.45, 2.75) is 11.8 Å². The van der Waals surface area contributed by atoms with E-state index < -0.39 is 27.0 Å². The Morgan fingerprint density at radius 1 is 1.29 bits per heavy atom. The molecule has 1 heterocycles. The SMILES string of the molecule is C[n+]1cccnc1CC(P(=O)(O)O)P(=O)(O)O. The topological polar surface area (TPSA) is 132 Å². The molecule has 10 heteroatoms. The lowest BCUT2D eigenvalue weighted by atomic mass is 10.4. The predicted octanol–water partition coefficient (Wildman–Crippen LogP) is -0.870. The summed E-state index contributed by atoms with van der Waals surface area (Å²) in [6.45, 7) is 0. The summed E-state index contributed by atoms with van der Waals surface area (Å²) < 4.78 is 23.6. The van der Waals surface area contributed by atoms with Crippen molar-refractivity contribution in [2.75, 3.05) is 0 Å². The third-order valence-electron chi connectivity index (χ3n) is 2.17. The number of aromatic nitrogens is 2. The number of hydrogen-bond donors (Lipinski definition) is 4. The van der Waals surface area contributed by atoms with Crippen LogP contribution < -0.4 is 4.57 Å². The Bertz CT molecular complexity index is 473. The molecule has 96 valence electrons. The maximum absolute atomic E-state index is 11.1. The van der Waals surface area contributed by atoms with Gasteiger partial charge in [0.05, 0.1) is 19.7 Å². The second kappa shape index (κ2) is 4.94. The fourth-order valence-electron chi connectivity index (χ4n) is 1.27. The predicted molar refractivity (Wildman–Crippen MR) is 57.0 cm³/mol. The van der Waals surface area contributed by atoms with Gasteiger partial charge in [-0.25, -0.2) is 4.57 Å². The monoisotopic (exact) mass is 283 g/mol. The molecular weight excluding hydrogens is 270 g/mol. The van der Waals surface area contributed by atoms with Gasteiger partial charge in [-0.1, -0.05) is 4.98 Å². The molecule has 0 aromatic carbocycles. The lowest BCUT2D eigenvalue weighted by Gasteiger charge is -2.17. The fourth-order valence-corrected chi connectivity index (χ4v) is 3.64. The number of aryl methyl sites for hydroxylation is 1. The van der Waals surface area contributed by atoms with Crippen molar-refractivity contribution in [3.63, 3.8) is 0 Å². The van der Waals surface area contributed by atoms with Crippen LogP contribution in [0.5, 0.6) is 0 Å². The molecule has 0 unspecified atom stereocenters. The molecule has 4 N–H and O–H groups in total. The van der Waals surface area contributed by atoms with Crippen LogP contribution in [0.3, 0.4) is 0 Å². The van der Waals surface area contributed by atoms with Crippen molar-refractivity contribution < 1.29 is 33.3 Å². The van der Waals surface area contributed by atoms with Gasteiger partial charge in [0.15, 0.2) is 5.40 Å². The largest absolute Gasteiger partial charge is 0.341 e. The Morgan fingerprint density at radius 2 is 1.82 bits per heavy atom. The van der Waals surface area contributed by atoms with Gasteiger partial charge in [0.2, 0.25) is 0 Å². The summed E-state index contributed by atoms with van der Waals surface area (Å²) in [7, 11) is -8.23. The molecule has 0 aliphatic rings. The molecule has 0 aliphatic heterocycles. The van der Waals surface area contributed by atoms with Crippen LogP contribution in [0.15, 0.2) is 18.5 Å². The molecule has 0 aliphatic carbocycles. The van der Waals surface area contributed by atoms with E-state index in [0.29, 0.717) is 0 Å². The molecule has 0 saturated heterocycles. The van der Waals surface area contributed by atoms with E-state index in [2.05, 4.69) is 4.98 Å². The van der Waals surface area contributed by atoms with Gasteiger partial charge >= 0.3 is 15.2 Å². The van der Waals surface area contributed by atoms with Crippen LogP contribution in [-0.4, -0.2) is 30.0 Å². The van der Waals surface area contributed by atoms with Crippen LogP contribution in [-0.2, 0) is 22.6 Å². The van der Waals surface area contributed by atoms with Crippen LogP contribution in [0.2, 0.25) is 0 Å². The van der Waals surface area contributed by atoms with Crippen LogP contribution in [0.25, 0.3) is 0 Å². The first-order valence-corrected chi connectivity index (χ1v) is 7.88. The fraction of sp³-hybridized carbons (Fsp3) is 0.429. The highest BCUT2D eigenvalue weighted by molar-refractivity contribution is 7.70. The maximum atomic E-state index is 11.1. The number of hydrogen-bond acceptors (Lipinski definition) is 3. The summed E-state index contributed by atoms with van der Waals surface area (Å²) in [5, 5.41) is -2.06. The number of nitrogens with zero attached hydrogens (tertiary/aromatic N) is 2. The lowest BCUT2D eigenvalue weighted by molar-refractivity contribution is -0.682. The average Bonchev–Trinajstić information content (AvgIpc) is 2.12. The lowest BCUT2D eigenvalue weighted by Crippen LogP contribution is -2.36. The molecule has 1 rings (SSSR count). The molecule has 0 spiro atoms. The van der Waals surface area contributed by atoms with Crippen LogP contribution in [0.4, 0.5) is 0 Å². The zero-order chi connectivity index (χ0) is 13.3. The van der Waals surface area contributed by atoms with Gasteiger partial charge in [0, 0.05) is 6.07 Å². The van der Waals surface area contributed by atoms with Crippen molar-refractivity contribution in [3.05, 3.63) is 24.3 Å². The quantitative estimate of drug-likeness (QED) is 0.417. The summed E-state index contributed by atoms with van der Waals surface area (Å²) >= 11 is 0. The third-order valence-corrected chi connectivity index (χ3v) is 5.89. The Kier molecular flexibility index (Phi) is 4.19. The molecule has 0 amide bonds. The van der Waals surface area contributed by atoms with Gasteiger partial charge in [-0.3, -0.25) is 9.13 Å². The summed E-state index contributed by atoms with van der Waals surface area (Å²) in [5.41, 5.74) is 0. The van der Waals surface area contributed by atoms with Crippen molar-refractivity contribution in [2.24, 2.45) is 7.05 Å².